The van der Waals surface area contributed by atoms with E-state index in [1.165, 1.54) is 26.0 Å². The van der Waals surface area contributed by atoms with Crippen LogP contribution in [0.15, 0.2) is 24.3 Å². The quantitative estimate of drug-likeness (QED) is 0.666. The Morgan fingerprint density at radius 3 is 1.57 bits per heavy atom. The molecule has 0 saturated heterocycles. The van der Waals surface area contributed by atoms with E-state index in [2.05, 4.69) is 0 Å². The highest BCUT2D eigenvalue weighted by Crippen LogP contribution is 2.30. The maximum atomic E-state index is 12.1. The van der Waals surface area contributed by atoms with E-state index < -0.39 is 17.3 Å². The second kappa shape index (κ2) is 3.28. The first-order valence-electron chi connectivity index (χ1n) is 4.09. The first kappa shape index (κ1) is 11.0. The molecule has 0 heterocycles. The predicted octanol–water partition coefficient (Wildman–Crippen LogP) is 3.37. The predicted molar refractivity (Wildman–Crippen MR) is 45.2 cm³/mol. The summed E-state index contributed by atoms with van der Waals surface area (Å²) in [4.78, 5) is 0. The van der Waals surface area contributed by atoms with Gasteiger partial charge >= 0.3 is 6.18 Å². The molecule has 0 saturated carbocycles. The summed E-state index contributed by atoms with van der Waals surface area (Å²) >= 11 is 0. The Kier molecular flexibility index (Phi) is 2.58. The summed E-state index contributed by atoms with van der Waals surface area (Å²) in [5.41, 5.74) is -1.74. The van der Waals surface area contributed by atoms with Crippen molar-refractivity contribution < 1.29 is 18.3 Å². The molecule has 0 amide bonds. The molecule has 14 heavy (non-hydrogen) atoms. The molecule has 1 rings (SSSR count). The maximum Gasteiger partial charge on any atom is 0.416 e. The first-order chi connectivity index (χ1) is 6.21. The van der Waals surface area contributed by atoms with Crippen LogP contribution in [0.25, 0.3) is 0 Å². The summed E-state index contributed by atoms with van der Waals surface area (Å²) in [7, 11) is 0. The lowest BCUT2D eigenvalue weighted by atomic mass is 9.97. The van der Waals surface area contributed by atoms with E-state index >= 15 is 0 Å². The van der Waals surface area contributed by atoms with Gasteiger partial charge in [-0.15, -0.1) is 0 Å². The fourth-order valence-electron chi connectivity index (χ4n) is 1.06. The topological polar surface area (TPSA) is 19.9 Å². The number of hydrogen-bond acceptors (Lipinski definition) is 0. The average molecular weight is 203 g/mol. The number of benzene rings is 1. The summed E-state index contributed by atoms with van der Waals surface area (Å²) < 4.78 is 36.4. The minimum Gasteiger partial charge on any atom is -0.225 e. The molecule has 1 aromatic carbocycles. The van der Waals surface area contributed by atoms with Crippen molar-refractivity contribution >= 4 is 0 Å². The highest BCUT2D eigenvalue weighted by molar-refractivity contribution is 5.27. The largest absolute Gasteiger partial charge is 0.416 e. The first-order valence-corrected chi connectivity index (χ1v) is 4.09. The van der Waals surface area contributed by atoms with Gasteiger partial charge in [0.1, 0.15) is 5.60 Å². The zero-order chi connectivity index (χ0) is 11.0. The standard InChI is InChI=1S/C10H10F3O/c1-9(2,14)7-3-5-8(6-4-7)10(11,12)13/h3-6H,1-2H3. The second-order valence-corrected chi connectivity index (χ2v) is 3.59. The van der Waals surface area contributed by atoms with Crippen LogP contribution in [0.4, 0.5) is 13.2 Å². The molecule has 4 heteroatoms. The lowest BCUT2D eigenvalue weighted by Gasteiger charge is -2.15. The van der Waals surface area contributed by atoms with Gasteiger partial charge in [-0.3, -0.25) is 0 Å². The molecule has 77 valence electrons. The van der Waals surface area contributed by atoms with Gasteiger partial charge in [-0.1, -0.05) is 12.1 Å². The van der Waals surface area contributed by atoms with E-state index in [9.17, 15) is 18.3 Å². The van der Waals surface area contributed by atoms with Gasteiger partial charge in [0.15, 0.2) is 0 Å². The fraction of sp³-hybridized carbons (Fsp3) is 0.400. The van der Waals surface area contributed by atoms with Crippen molar-refractivity contribution in [3.63, 3.8) is 0 Å². The van der Waals surface area contributed by atoms with Gasteiger partial charge in [-0.2, -0.15) is 13.2 Å². The van der Waals surface area contributed by atoms with E-state index in [-0.39, 0.29) is 0 Å². The number of rotatable bonds is 1. The third-order valence-corrected chi connectivity index (χ3v) is 1.91. The Morgan fingerprint density at radius 2 is 1.29 bits per heavy atom. The lowest BCUT2D eigenvalue weighted by molar-refractivity contribution is -0.137. The van der Waals surface area contributed by atoms with Gasteiger partial charge in [-0.05, 0) is 31.5 Å². The Balaban J connectivity index is 3.02. The van der Waals surface area contributed by atoms with E-state index in [0.717, 1.165) is 12.1 Å². The highest BCUT2D eigenvalue weighted by Gasteiger charge is 2.30. The molecular formula is C10H10F3O. The van der Waals surface area contributed by atoms with Crippen molar-refractivity contribution in [2.75, 3.05) is 0 Å². The van der Waals surface area contributed by atoms with E-state index in [4.69, 9.17) is 0 Å². The van der Waals surface area contributed by atoms with Crippen molar-refractivity contribution in [2.24, 2.45) is 0 Å². The molecule has 0 bridgehead atoms. The summed E-state index contributed by atoms with van der Waals surface area (Å²) in [5.74, 6) is 0. The molecule has 0 aliphatic rings. The fourth-order valence-corrected chi connectivity index (χ4v) is 1.06. The lowest BCUT2D eigenvalue weighted by Crippen LogP contribution is -2.14. The Morgan fingerprint density at radius 1 is 0.929 bits per heavy atom. The zero-order valence-corrected chi connectivity index (χ0v) is 7.85. The third kappa shape index (κ3) is 2.48. The maximum absolute atomic E-state index is 12.1. The molecule has 0 fully saturated rings. The van der Waals surface area contributed by atoms with Crippen LogP contribution in [-0.2, 0) is 16.9 Å². The molecule has 0 atom stereocenters. The Hall–Kier alpha value is -1.03. The van der Waals surface area contributed by atoms with Crippen molar-refractivity contribution in [1.29, 1.82) is 0 Å². The zero-order valence-electron chi connectivity index (χ0n) is 7.85. The summed E-state index contributed by atoms with van der Waals surface area (Å²) in [6.45, 7) is 2.82. The molecule has 0 aliphatic heterocycles. The van der Waals surface area contributed by atoms with Gasteiger partial charge in [0.25, 0.3) is 0 Å². The van der Waals surface area contributed by atoms with Crippen LogP contribution >= 0.6 is 0 Å². The molecule has 0 N–H and O–H groups in total. The van der Waals surface area contributed by atoms with Crippen LogP contribution in [0.2, 0.25) is 0 Å². The summed E-state index contributed by atoms with van der Waals surface area (Å²) in [6, 6.07) is 4.29. The second-order valence-electron chi connectivity index (χ2n) is 3.59. The van der Waals surface area contributed by atoms with Crippen molar-refractivity contribution in [3.8, 4) is 0 Å². The number of hydrogen-bond donors (Lipinski definition) is 0. The Bertz CT molecular complexity index is 273. The molecule has 0 unspecified atom stereocenters. The number of halogens is 3. The highest BCUT2D eigenvalue weighted by atomic mass is 19.4. The third-order valence-electron chi connectivity index (χ3n) is 1.91. The van der Waals surface area contributed by atoms with Crippen LogP contribution in [0.5, 0.6) is 0 Å². The van der Waals surface area contributed by atoms with Crippen molar-refractivity contribution in [2.45, 2.75) is 25.6 Å². The molecule has 1 radical (unpaired) electrons. The van der Waals surface area contributed by atoms with Gasteiger partial charge in [0.2, 0.25) is 0 Å². The van der Waals surface area contributed by atoms with Gasteiger partial charge in [0.05, 0.1) is 5.56 Å². The Labute approximate surface area is 80.2 Å². The van der Waals surface area contributed by atoms with Crippen molar-refractivity contribution in [1.82, 2.24) is 0 Å². The molecular weight excluding hydrogens is 193 g/mol. The summed E-state index contributed by atoms with van der Waals surface area (Å²) in [5, 5.41) is 11.4. The smallest absolute Gasteiger partial charge is 0.225 e. The molecule has 0 spiro atoms. The normalized spacial score (nSPS) is 13.0. The van der Waals surface area contributed by atoms with Crippen LogP contribution in [0, 0.1) is 0 Å². The minimum atomic E-state index is -4.34. The van der Waals surface area contributed by atoms with E-state index in [0.29, 0.717) is 5.56 Å². The molecule has 0 aliphatic carbocycles. The van der Waals surface area contributed by atoms with Crippen LogP contribution in [0.1, 0.15) is 25.0 Å². The van der Waals surface area contributed by atoms with Crippen LogP contribution < -0.4 is 0 Å². The average Bonchev–Trinajstić information content (AvgIpc) is 2.01. The van der Waals surface area contributed by atoms with Gasteiger partial charge < -0.3 is 0 Å². The molecule has 0 aromatic heterocycles. The van der Waals surface area contributed by atoms with Gasteiger partial charge in [0, 0.05) is 0 Å². The molecule has 1 aromatic rings. The SMILES string of the molecule is CC(C)([O])c1ccc(C(F)(F)F)cc1. The van der Waals surface area contributed by atoms with Crippen LogP contribution in [0.3, 0.4) is 0 Å². The van der Waals surface area contributed by atoms with E-state index in [1.54, 1.807) is 0 Å². The number of alkyl halides is 3. The molecule has 1 nitrogen and oxygen atoms in total. The summed E-state index contributed by atoms with van der Waals surface area (Å²) in [6.07, 6.45) is -4.34. The van der Waals surface area contributed by atoms with Crippen molar-refractivity contribution in [3.05, 3.63) is 35.4 Å². The van der Waals surface area contributed by atoms with Gasteiger partial charge in [-0.25, -0.2) is 5.11 Å². The van der Waals surface area contributed by atoms with Crippen LogP contribution in [-0.4, -0.2) is 0 Å². The van der Waals surface area contributed by atoms with E-state index in [1.807, 2.05) is 0 Å². The monoisotopic (exact) mass is 203 g/mol. The minimum absolute atomic E-state index is 0.352.